The van der Waals surface area contributed by atoms with Crippen molar-refractivity contribution in [2.45, 2.75) is 80.8 Å². The maximum Gasteiger partial charge on any atom is 0.323 e. The summed E-state index contributed by atoms with van der Waals surface area (Å²) < 4.78 is 83.0. The zero-order valence-electron chi connectivity index (χ0n) is 25.1. The molecule has 6 nitrogen and oxygen atoms in total. The lowest BCUT2D eigenvalue weighted by Gasteiger charge is -2.23. The number of carbonyl (C=O) groups excluding carboxylic acids is 1. The summed E-state index contributed by atoms with van der Waals surface area (Å²) >= 11 is 0. The van der Waals surface area contributed by atoms with Crippen molar-refractivity contribution in [3.8, 4) is 0 Å². The Bertz CT molecular complexity index is 1740. The van der Waals surface area contributed by atoms with Gasteiger partial charge < -0.3 is 4.74 Å². The lowest BCUT2D eigenvalue weighted by Crippen LogP contribution is -2.32. The van der Waals surface area contributed by atoms with Gasteiger partial charge in [-0.05, 0) is 76.8 Å². The van der Waals surface area contributed by atoms with Gasteiger partial charge in [-0.2, -0.15) is 8.42 Å². The number of halogens is 2. The van der Waals surface area contributed by atoms with E-state index in [-0.39, 0.29) is 39.7 Å². The lowest BCUT2D eigenvalue weighted by molar-refractivity contribution is -0.141. The van der Waals surface area contributed by atoms with Crippen LogP contribution in [0, 0.1) is 11.6 Å². The van der Waals surface area contributed by atoms with Gasteiger partial charge in [0.05, 0.1) is 4.90 Å². The van der Waals surface area contributed by atoms with Crippen molar-refractivity contribution in [1.82, 2.24) is 0 Å². The number of hydrogen-bond acceptors (Lipinski definition) is 5. The molecule has 3 aromatic rings. The minimum Gasteiger partial charge on any atom is -0.460 e. The number of allylic oxidation sites excluding steroid dienone is 1. The third kappa shape index (κ3) is 6.60. The van der Waals surface area contributed by atoms with Crippen LogP contribution in [0.5, 0.6) is 0 Å². The molecular formula is C33H37F2NO5S2. The maximum atomic E-state index is 15.1. The highest BCUT2D eigenvalue weighted by Crippen LogP contribution is 2.39. The number of nitrogens with zero attached hydrogens (tertiary/aromatic N) is 1. The number of benzene rings is 3. The number of cyclic esters (lactones) is 1. The highest BCUT2D eigenvalue weighted by atomic mass is 32.3. The molecule has 0 fully saturated rings. The van der Waals surface area contributed by atoms with Gasteiger partial charge in [-0.25, -0.2) is 13.0 Å². The van der Waals surface area contributed by atoms with Crippen LogP contribution < -0.4 is 0 Å². The molecular weight excluding hydrogens is 592 g/mol. The number of ether oxygens (including phenoxy) is 1. The van der Waals surface area contributed by atoms with Crippen LogP contribution in [0.3, 0.4) is 0 Å². The van der Waals surface area contributed by atoms with E-state index in [0.717, 1.165) is 17.7 Å². The molecule has 1 heterocycles. The monoisotopic (exact) mass is 629 g/mol. The summed E-state index contributed by atoms with van der Waals surface area (Å²) in [6, 6.07) is 14.7. The number of hydrogen-bond donors (Lipinski definition) is 0. The van der Waals surface area contributed by atoms with E-state index in [1.807, 2.05) is 53.7 Å². The van der Waals surface area contributed by atoms with Crippen molar-refractivity contribution in [2.75, 3.05) is 6.61 Å². The summed E-state index contributed by atoms with van der Waals surface area (Å²) in [5, 5.41) is -1.67. The van der Waals surface area contributed by atoms with Gasteiger partial charge in [0.15, 0.2) is 0 Å². The number of esters is 1. The number of carbonyl (C=O) groups is 1. The van der Waals surface area contributed by atoms with Gasteiger partial charge in [0, 0.05) is 10.5 Å². The summed E-state index contributed by atoms with van der Waals surface area (Å²) in [7, 11) is -8.82. The second kappa shape index (κ2) is 12.7. The Morgan fingerprint density at radius 1 is 0.814 bits per heavy atom. The summed E-state index contributed by atoms with van der Waals surface area (Å²) in [5.41, 5.74) is 1.67. The minimum absolute atomic E-state index is 0.00762. The van der Waals surface area contributed by atoms with E-state index in [1.165, 1.54) is 24.3 Å². The van der Waals surface area contributed by atoms with Crippen LogP contribution >= 0.6 is 0 Å². The Labute approximate surface area is 253 Å². The van der Waals surface area contributed by atoms with E-state index in [2.05, 4.69) is 3.77 Å². The van der Waals surface area contributed by atoms with E-state index >= 15 is 4.21 Å². The summed E-state index contributed by atoms with van der Waals surface area (Å²) in [5.74, 6) is -3.02. The molecule has 0 saturated heterocycles. The standard InChI is InChI=1S/C33H37F2NO5S2/c1-20(2)24-17-26(21(3)4)32(27(18-24)22(5)6)43(39,40)36-42(38,25-11-8-7-9-12-25)30-19-23(15-16-41-33(30)37)31-28(34)13-10-14-29(31)35/h7-15,17-18,20-22,30H,16,19H2,1-6H3. The van der Waals surface area contributed by atoms with E-state index in [4.69, 9.17) is 4.74 Å². The second-order valence-electron chi connectivity index (χ2n) is 11.6. The molecule has 0 spiro atoms. The largest absolute Gasteiger partial charge is 0.460 e. The predicted octanol–water partition coefficient (Wildman–Crippen LogP) is 7.95. The fourth-order valence-corrected chi connectivity index (χ4v) is 10.2. The van der Waals surface area contributed by atoms with Gasteiger partial charge in [-0.15, -0.1) is 3.77 Å². The first-order valence-corrected chi connectivity index (χ1v) is 17.2. The second-order valence-corrected chi connectivity index (χ2v) is 15.7. The smallest absolute Gasteiger partial charge is 0.323 e. The average molecular weight is 630 g/mol. The van der Waals surface area contributed by atoms with Gasteiger partial charge in [0.25, 0.3) is 10.0 Å². The topological polar surface area (TPSA) is 89.9 Å². The van der Waals surface area contributed by atoms with Crippen molar-refractivity contribution in [1.29, 1.82) is 0 Å². The Hall–Kier alpha value is -3.37. The highest BCUT2D eigenvalue weighted by molar-refractivity contribution is 8.04. The van der Waals surface area contributed by atoms with Crippen LogP contribution in [-0.4, -0.2) is 30.5 Å². The van der Waals surface area contributed by atoms with Crippen molar-refractivity contribution in [3.05, 3.63) is 101 Å². The molecule has 2 unspecified atom stereocenters. The minimum atomic E-state index is -4.67. The van der Waals surface area contributed by atoms with E-state index in [0.29, 0.717) is 11.1 Å². The van der Waals surface area contributed by atoms with Gasteiger partial charge in [0.2, 0.25) is 0 Å². The van der Waals surface area contributed by atoms with E-state index in [1.54, 1.807) is 18.2 Å². The zero-order chi connectivity index (χ0) is 31.7. The number of rotatable bonds is 8. The highest BCUT2D eigenvalue weighted by Gasteiger charge is 2.39. The summed E-state index contributed by atoms with van der Waals surface area (Å²) in [4.78, 5) is 13.4. The quantitative estimate of drug-likeness (QED) is 0.236. The first-order valence-electron chi connectivity index (χ1n) is 14.2. The zero-order valence-corrected chi connectivity index (χ0v) is 26.8. The molecule has 230 valence electrons. The van der Waals surface area contributed by atoms with Crippen LogP contribution in [0.15, 0.2) is 80.3 Å². The Morgan fingerprint density at radius 3 is 1.88 bits per heavy atom. The molecule has 0 aromatic heterocycles. The molecule has 4 rings (SSSR count). The summed E-state index contributed by atoms with van der Waals surface area (Å²) in [6.07, 6.45) is 0.890. The molecule has 10 heteroatoms. The molecule has 0 aliphatic carbocycles. The molecule has 0 amide bonds. The Morgan fingerprint density at radius 2 is 1.37 bits per heavy atom. The average Bonchev–Trinajstić information content (AvgIpc) is 3.14. The van der Waals surface area contributed by atoms with Crippen LogP contribution in [0.2, 0.25) is 0 Å². The van der Waals surface area contributed by atoms with Crippen molar-refractivity contribution in [3.63, 3.8) is 0 Å². The molecule has 2 atom stereocenters. The third-order valence-electron chi connectivity index (χ3n) is 7.52. The first kappa shape index (κ1) is 32.5. The first-order chi connectivity index (χ1) is 20.2. The molecule has 0 saturated carbocycles. The van der Waals surface area contributed by atoms with Crippen LogP contribution in [0.1, 0.15) is 88.0 Å². The number of sulfonamides is 1. The van der Waals surface area contributed by atoms with Crippen molar-refractivity contribution >= 4 is 31.3 Å². The predicted molar refractivity (Wildman–Crippen MR) is 165 cm³/mol. The van der Waals surface area contributed by atoms with Gasteiger partial charge in [-0.1, -0.05) is 77.9 Å². The summed E-state index contributed by atoms with van der Waals surface area (Å²) in [6.45, 7) is 11.2. The SMILES string of the molecule is CC(C)c1cc(C(C)C)c(S(=O)(=O)N=S(=O)(c2ccccc2)C2CC(c3c(F)cccc3F)=CCOC2=O)c(C(C)C)c1. The normalized spacial score (nSPS) is 17.4. The molecule has 1 aliphatic rings. The van der Waals surface area contributed by atoms with Gasteiger partial charge in [0.1, 0.15) is 33.2 Å². The molecule has 0 radical (unpaired) electrons. The fraction of sp³-hybridized carbons (Fsp3) is 0.364. The molecule has 0 bridgehead atoms. The lowest BCUT2D eigenvalue weighted by atomic mass is 9.89. The third-order valence-corrected chi connectivity index (χ3v) is 12.3. The molecule has 3 aromatic carbocycles. The van der Waals surface area contributed by atoms with Gasteiger partial charge >= 0.3 is 5.97 Å². The van der Waals surface area contributed by atoms with Gasteiger partial charge in [-0.3, -0.25) is 4.79 Å². The fourth-order valence-electron chi connectivity index (χ4n) is 5.18. The molecule has 1 aliphatic heterocycles. The Balaban J connectivity index is 2.03. The van der Waals surface area contributed by atoms with Crippen LogP contribution in [0.4, 0.5) is 8.78 Å². The molecule has 43 heavy (non-hydrogen) atoms. The molecule has 0 N–H and O–H groups in total. The van der Waals surface area contributed by atoms with E-state index in [9.17, 15) is 22.0 Å². The van der Waals surface area contributed by atoms with Crippen molar-refractivity contribution < 1.29 is 30.9 Å². The van der Waals surface area contributed by atoms with E-state index < -0.39 is 54.6 Å². The van der Waals surface area contributed by atoms with Crippen LogP contribution in [-0.2, 0) is 29.3 Å². The van der Waals surface area contributed by atoms with Crippen molar-refractivity contribution in [2.24, 2.45) is 3.77 Å². The Kier molecular flexibility index (Phi) is 9.61. The van der Waals surface area contributed by atoms with Crippen LogP contribution in [0.25, 0.3) is 5.57 Å². The maximum absolute atomic E-state index is 15.1.